The summed E-state index contributed by atoms with van der Waals surface area (Å²) < 4.78 is 0. The molecule has 1 aromatic carbocycles. The Labute approximate surface area is 144 Å². The first-order chi connectivity index (χ1) is 11.8. The highest BCUT2D eigenvalue weighted by Crippen LogP contribution is 2.53. The Bertz CT molecular complexity index is 715. The number of piperidine rings is 1. The van der Waals surface area contributed by atoms with Gasteiger partial charge in [0.25, 0.3) is 0 Å². The molecule has 0 radical (unpaired) electrons. The van der Waals surface area contributed by atoms with Crippen molar-refractivity contribution in [3.8, 4) is 0 Å². The van der Waals surface area contributed by atoms with Crippen molar-refractivity contribution in [3.05, 3.63) is 59.7 Å². The lowest BCUT2D eigenvalue weighted by molar-refractivity contribution is 0.151. The van der Waals surface area contributed by atoms with E-state index in [2.05, 4.69) is 39.1 Å². The van der Waals surface area contributed by atoms with Crippen LogP contribution in [0.2, 0.25) is 0 Å². The Kier molecular flexibility index (Phi) is 3.44. The molecule has 2 aliphatic carbocycles. The third-order valence-electron chi connectivity index (χ3n) is 6.51. The molecule has 2 heterocycles. The maximum Gasteiger partial charge on any atom is 0.115 e. The smallest absolute Gasteiger partial charge is 0.115 e. The normalized spacial score (nSPS) is 25.8. The summed E-state index contributed by atoms with van der Waals surface area (Å²) in [6, 6.07) is 9.13. The van der Waals surface area contributed by atoms with Crippen LogP contribution < -0.4 is 0 Å². The highest BCUT2D eigenvalue weighted by Gasteiger charge is 2.46. The zero-order valence-corrected chi connectivity index (χ0v) is 14.2. The summed E-state index contributed by atoms with van der Waals surface area (Å²) in [4.78, 5) is 11.2. The van der Waals surface area contributed by atoms with Gasteiger partial charge in [-0.25, -0.2) is 9.97 Å². The SMILES string of the molecule is c1ccc2c(c1)[C@@H](c1cncnc1)CC21CCN(CC2CC2)CC1. The quantitative estimate of drug-likeness (QED) is 0.862. The van der Waals surface area contributed by atoms with Gasteiger partial charge in [0.1, 0.15) is 6.33 Å². The maximum atomic E-state index is 4.27. The van der Waals surface area contributed by atoms with Gasteiger partial charge in [-0.05, 0) is 73.2 Å². The van der Waals surface area contributed by atoms with Crippen molar-refractivity contribution >= 4 is 0 Å². The fourth-order valence-corrected chi connectivity index (χ4v) is 4.99. The highest BCUT2D eigenvalue weighted by molar-refractivity contribution is 5.47. The summed E-state index contributed by atoms with van der Waals surface area (Å²) in [5, 5.41) is 0. The van der Waals surface area contributed by atoms with E-state index in [1.165, 1.54) is 62.9 Å². The Balaban J connectivity index is 1.43. The standard InChI is InChI=1S/C21H25N3/c1-2-4-20-18(3-1)19(17-12-22-15-23-13-17)11-21(20)7-9-24(10-8-21)14-16-5-6-16/h1-4,12-13,15-16,19H,5-11,14H2/t19-/m1/s1. The fraction of sp³-hybridized carbons (Fsp3) is 0.524. The molecule has 3 aliphatic rings. The van der Waals surface area contributed by atoms with Crippen LogP contribution in [0.15, 0.2) is 43.0 Å². The van der Waals surface area contributed by atoms with Crippen molar-refractivity contribution in [2.75, 3.05) is 19.6 Å². The molecule has 1 saturated heterocycles. The zero-order chi connectivity index (χ0) is 16.0. The van der Waals surface area contributed by atoms with Crippen molar-refractivity contribution in [2.45, 2.75) is 43.4 Å². The van der Waals surface area contributed by atoms with E-state index in [9.17, 15) is 0 Å². The van der Waals surface area contributed by atoms with Crippen LogP contribution in [0.5, 0.6) is 0 Å². The third kappa shape index (κ3) is 2.46. The average molecular weight is 319 g/mol. The number of nitrogens with zero attached hydrogens (tertiary/aromatic N) is 3. The van der Waals surface area contributed by atoms with E-state index >= 15 is 0 Å². The molecule has 1 aliphatic heterocycles. The van der Waals surface area contributed by atoms with Crippen LogP contribution in [0.4, 0.5) is 0 Å². The van der Waals surface area contributed by atoms with Crippen LogP contribution in [-0.2, 0) is 5.41 Å². The molecule has 0 bridgehead atoms. The van der Waals surface area contributed by atoms with Gasteiger partial charge in [0, 0.05) is 24.9 Å². The van der Waals surface area contributed by atoms with Crippen LogP contribution in [0.25, 0.3) is 0 Å². The lowest BCUT2D eigenvalue weighted by Gasteiger charge is -2.40. The molecular weight excluding hydrogens is 294 g/mol. The minimum Gasteiger partial charge on any atom is -0.303 e. The number of benzene rings is 1. The third-order valence-corrected chi connectivity index (χ3v) is 6.51. The summed E-state index contributed by atoms with van der Waals surface area (Å²) >= 11 is 0. The second-order valence-corrected chi connectivity index (χ2v) is 8.04. The minimum absolute atomic E-state index is 0.372. The predicted octanol–water partition coefficient (Wildman–Crippen LogP) is 3.76. The first-order valence-electron chi connectivity index (χ1n) is 9.41. The molecule has 24 heavy (non-hydrogen) atoms. The highest BCUT2D eigenvalue weighted by atomic mass is 15.1. The number of hydrogen-bond acceptors (Lipinski definition) is 3. The summed E-state index contributed by atoms with van der Waals surface area (Å²) in [6.07, 6.45) is 12.4. The van der Waals surface area contributed by atoms with Crippen molar-refractivity contribution in [3.63, 3.8) is 0 Å². The van der Waals surface area contributed by atoms with Gasteiger partial charge < -0.3 is 4.90 Å². The van der Waals surface area contributed by atoms with E-state index in [4.69, 9.17) is 0 Å². The number of likely N-dealkylation sites (tertiary alicyclic amines) is 1. The zero-order valence-electron chi connectivity index (χ0n) is 14.2. The summed E-state index contributed by atoms with van der Waals surface area (Å²) in [5.41, 5.74) is 4.77. The van der Waals surface area contributed by atoms with Gasteiger partial charge in [-0.3, -0.25) is 0 Å². The second kappa shape index (κ2) is 5.66. The molecule has 1 spiro atoms. The van der Waals surface area contributed by atoms with E-state index in [1.807, 2.05) is 12.4 Å². The molecule has 3 heteroatoms. The minimum atomic E-state index is 0.372. The Morgan fingerprint density at radius 2 is 1.79 bits per heavy atom. The summed E-state index contributed by atoms with van der Waals surface area (Å²) in [6.45, 7) is 3.87. The summed E-state index contributed by atoms with van der Waals surface area (Å²) in [7, 11) is 0. The molecular formula is C21H25N3. The monoisotopic (exact) mass is 319 g/mol. The van der Waals surface area contributed by atoms with E-state index < -0.39 is 0 Å². The lowest BCUT2D eigenvalue weighted by Crippen LogP contribution is -2.42. The van der Waals surface area contributed by atoms with Crippen LogP contribution >= 0.6 is 0 Å². The largest absolute Gasteiger partial charge is 0.303 e. The molecule has 124 valence electrons. The van der Waals surface area contributed by atoms with Gasteiger partial charge in [0.2, 0.25) is 0 Å². The molecule has 0 N–H and O–H groups in total. The van der Waals surface area contributed by atoms with Gasteiger partial charge in [-0.2, -0.15) is 0 Å². The Morgan fingerprint density at radius 1 is 1.04 bits per heavy atom. The molecule has 0 unspecified atom stereocenters. The van der Waals surface area contributed by atoms with Crippen LogP contribution in [0.1, 0.15) is 54.7 Å². The molecule has 0 amide bonds. The number of fused-ring (bicyclic) bond motifs is 2. The van der Waals surface area contributed by atoms with E-state index in [0.29, 0.717) is 11.3 Å². The molecule has 2 aromatic rings. The molecule has 1 saturated carbocycles. The topological polar surface area (TPSA) is 29.0 Å². The number of hydrogen-bond donors (Lipinski definition) is 0. The van der Waals surface area contributed by atoms with Crippen molar-refractivity contribution < 1.29 is 0 Å². The van der Waals surface area contributed by atoms with Crippen LogP contribution in [0, 0.1) is 5.92 Å². The number of rotatable bonds is 3. The first-order valence-corrected chi connectivity index (χ1v) is 9.41. The lowest BCUT2D eigenvalue weighted by atomic mass is 9.73. The molecule has 5 rings (SSSR count). The predicted molar refractivity (Wildman–Crippen MR) is 95.0 cm³/mol. The van der Waals surface area contributed by atoms with Gasteiger partial charge in [0.05, 0.1) is 0 Å². The fourth-order valence-electron chi connectivity index (χ4n) is 4.99. The average Bonchev–Trinajstić information content (AvgIpc) is 3.41. The Hall–Kier alpha value is -1.74. The van der Waals surface area contributed by atoms with Crippen molar-refractivity contribution in [2.24, 2.45) is 5.92 Å². The molecule has 1 aromatic heterocycles. The first kappa shape index (κ1) is 14.6. The molecule has 2 fully saturated rings. The van der Waals surface area contributed by atoms with Crippen molar-refractivity contribution in [1.29, 1.82) is 0 Å². The molecule has 1 atom stereocenters. The van der Waals surface area contributed by atoms with Gasteiger partial charge in [0.15, 0.2) is 0 Å². The second-order valence-electron chi connectivity index (χ2n) is 8.04. The summed E-state index contributed by atoms with van der Waals surface area (Å²) in [5.74, 6) is 1.47. The number of aromatic nitrogens is 2. The van der Waals surface area contributed by atoms with Gasteiger partial charge >= 0.3 is 0 Å². The Morgan fingerprint density at radius 3 is 2.54 bits per heavy atom. The van der Waals surface area contributed by atoms with E-state index in [0.717, 1.165) is 5.92 Å². The van der Waals surface area contributed by atoms with E-state index in [-0.39, 0.29) is 0 Å². The van der Waals surface area contributed by atoms with Crippen LogP contribution in [0.3, 0.4) is 0 Å². The van der Waals surface area contributed by atoms with E-state index in [1.54, 1.807) is 11.9 Å². The van der Waals surface area contributed by atoms with Crippen LogP contribution in [-0.4, -0.2) is 34.5 Å². The molecule has 3 nitrogen and oxygen atoms in total. The van der Waals surface area contributed by atoms with Crippen molar-refractivity contribution in [1.82, 2.24) is 14.9 Å². The maximum absolute atomic E-state index is 4.27. The van der Waals surface area contributed by atoms with Gasteiger partial charge in [-0.1, -0.05) is 24.3 Å². The van der Waals surface area contributed by atoms with Gasteiger partial charge in [-0.15, -0.1) is 0 Å².